The highest BCUT2D eigenvalue weighted by molar-refractivity contribution is 6.27. The quantitative estimate of drug-likeness (QED) is 0.215. The molecule has 3 aromatic carbocycles. The van der Waals surface area contributed by atoms with Crippen LogP contribution in [-0.2, 0) is 10.3 Å². The number of H-pyrrole nitrogens is 1. The third-order valence-corrected chi connectivity index (χ3v) is 6.67. The van der Waals surface area contributed by atoms with Crippen molar-refractivity contribution in [1.29, 1.82) is 0 Å². The van der Waals surface area contributed by atoms with Gasteiger partial charge >= 0.3 is 12.4 Å². The van der Waals surface area contributed by atoms with Gasteiger partial charge in [-0.3, -0.25) is 4.79 Å². The van der Waals surface area contributed by atoms with Gasteiger partial charge in [-0.05, 0) is 57.3 Å². The van der Waals surface area contributed by atoms with E-state index in [1.807, 2.05) is 12.1 Å². The number of nitrogens with zero attached hydrogens (tertiary/aromatic N) is 3. The number of halogens is 6. The second-order valence-electron chi connectivity index (χ2n) is 9.28. The first kappa shape index (κ1) is 27.2. The van der Waals surface area contributed by atoms with E-state index < -0.39 is 36.6 Å². The Kier molecular flexibility index (Phi) is 6.98. The van der Waals surface area contributed by atoms with E-state index in [0.29, 0.717) is 5.56 Å². The van der Waals surface area contributed by atoms with Crippen molar-refractivity contribution in [3.05, 3.63) is 83.7 Å². The number of aromatic amines is 1. The van der Waals surface area contributed by atoms with Gasteiger partial charge in [0.15, 0.2) is 5.54 Å². The zero-order chi connectivity index (χ0) is 28.5. The van der Waals surface area contributed by atoms with E-state index in [9.17, 15) is 31.1 Å². The maximum absolute atomic E-state index is 14.9. The van der Waals surface area contributed by atoms with Crippen molar-refractivity contribution in [2.24, 2.45) is 0 Å². The molecule has 4 aromatic rings. The van der Waals surface area contributed by atoms with E-state index in [4.69, 9.17) is 4.74 Å². The second-order valence-corrected chi connectivity index (χ2v) is 9.28. The molecule has 2 heterocycles. The van der Waals surface area contributed by atoms with Gasteiger partial charge in [-0.15, -0.1) is 10.2 Å². The lowest BCUT2D eigenvalue weighted by atomic mass is 9.76. The van der Waals surface area contributed by atoms with Crippen molar-refractivity contribution in [1.82, 2.24) is 25.9 Å². The fraction of sp³-hybridized carbons (Fsp3) is 0.259. The number of rotatable bonds is 7. The van der Waals surface area contributed by atoms with Crippen LogP contribution in [0.4, 0.5) is 26.3 Å². The van der Waals surface area contributed by atoms with Gasteiger partial charge in [-0.2, -0.15) is 31.6 Å². The Balaban J connectivity index is 1.54. The number of nitrogens with one attached hydrogen (secondary N) is 2. The average Bonchev–Trinajstić information content (AvgIpc) is 3.44. The maximum atomic E-state index is 14.9. The largest absolute Gasteiger partial charge is 0.494 e. The van der Waals surface area contributed by atoms with E-state index in [0.717, 1.165) is 22.9 Å². The molecule has 0 bridgehead atoms. The second kappa shape index (κ2) is 10.3. The van der Waals surface area contributed by atoms with Crippen LogP contribution in [0, 0.1) is 0 Å². The van der Waals surface area contributed by atoms with Crippen LogP contribution in [0.25, 0.3) is 21.9 Å². The van der Waals surface area contributed by atoms with Crippen LogP contribution >= 0.6 is 0 Å². The normalized spacial score (nSPS) is 18.2. The van der Waals surface area contributed by atoms with Crippen LogP contribution < -0.4 is 10.1 Å². The molecule has 1 aliphatic rings. The van der Waals surface area contributed by atoms with Gasteiger partial charge in [0.05, 0.1) is 12.2 Å². The summed E-state index contributed by atoms with van der Waals surface area (Å²) >= 11 is 0. The van der Waals surface area contributed by atoms with Crippen molar-refractivity contribution in [2.75, 3.05) is 6.61 Å². The Morgan fingerprint density at radius 3 is 2.30 bits per heavy atom. The average molecular weight is 561 g/mol. The molecule has 5 rings (SSSR count). The Labute approximate surface area is 223 Å². The number of alkyl halides is 6. The highest BCUT2D eigenvalue weighted by Crippen LogP contribution is 2.50. The lowest BCUT2D eigenvalue weighted by Crippen LogP contribution is -2.58. The van der Waals surface area contributed by atoms with Crippen molar-refractivity contribution in [3.8, 4) is 5.75 Å². The van der Waals surface area contributed by atoms with E-state index in [-0.39, 0.29) is 41.3 Å². The molecule has 2 N–H and O–H groups in total. The molecule has 0 fully saturated rings. The van der Waals surface area contributed by atoms with Crippen LogP contribution in [0.5, 0.6) is 5.75 Å². The molecule has 208 valence electrons. The van der Waals surface area contributed by atoms with E-state index in [1.54, 1.807) is 30.3 Å². The minimum Gasteiger partial charge on any atom is -0.494 e. The summed E-state index contributed by atoms with van der Waals surface area (Å²) in [4.78, 5) is 13.4. The zero-order valence-corrected chi connectivity index (χ0v) is 20.6. The molecule has 1 atom stereocenters. The highest BCUT2D eigenvalue weighted by Gasteiger charge is 2.59. The number of carbonyl (C=O) groups is 1. The summed E-state index contributed by atoms with van der Waals surface area (Å²) in [6.07, 6.45) is -11.3. The Bertz CT molecular complexity index is 1550. The molecule has 13 heteroatoms. The molecule has 0 spiro atoms. The minimum absolute atomic E-state index is 0.0701. The van der Waals surface area contributed by atoms with Gasteiger partial charge in [0, 0.05) is 12.8 Å². The molecule has 40 heavy (non-hydrogen) atoms. The maximum Gasteiger partial charge on any atom is 0.416 e. The van der Waals surface area contributed by atoms with Gasteiger partial charge in [-0.1, -0.05) is 48.5 Å². The van der Waals surface area contributed by atoms with E-state index >= 15 is 0 Å². The standard InChI is InChI=1S/C27H21F6N5O2/c28-26(29,30)12-3-13-40-20-10-8-19(9-11-20)25(27(31,32)33)15-21(22(24(39)34-25)23-35-37-38-36-23)18-7-6-16-4-1-2-5-17(16)14-18/h1-2,4-11,14H,3,12-13,15H2,(H,34,39)(H,35,36,37,38). The van der Waals surface area contributed by atoms with Crippen LogP contribution in [0.3, 0.4) is 0 Å². The van der Waals surface area contributed by atoms with Crippen molar-refractivity contribution in [3.63, 3.8) is 0 Å². The number of tetrazole rings is 1. The molecular formula is C27H21F6N5O2. The van der Waals surface area contributed by atoms with Gasteiger partial charge in [-0.25, -0.2) is 0 Å². The Morgan fingerprint density at radius 2 is 1.65 bits per heavy atom. The van der Waals surface area contributed by atoms with E-state index in [2.05, 4.69) is 25.9 Å². The topological polar surface area (TPSA) is 92.8 Å². The molecule has 0 aliphatic carbocycles. The number of carbonyl (C=O) groups excluding carboxylic acids is 1. The van der Waals surface area contributed by atoms with Crippen LogP contribution in [0.2, 0.25) is 0 Å². The van der Waals surface area contributed by atoms with Crippen molar-refractivity contribution < 1.29 is 35.9 Å². The minimum atomic E-state index is -4.94. The number of benzene rings is 3. The zero-order valence-electron chi connectivity index (χ0n) is 20.6. The number of amides is 1. The summed E-state index contributed by atoms with van der Waals surface area (Å²) in [5.74, 6) is -1.09. The summed E-state index contributed by atoms with van der Waals surface area (Å²) in [6, 6.07) is 17.1. The molecule has 1 aromatic heterocycles. The highest BCUT2D eigenvalue weighted by atomic mass is 19.4. The number of hydrogen-bond acceptors (Lipinski definition) is 5. The van der Waals surface area contributed by atoms with Crippen LogP contribution in [0.1, 0.15) is 36.2 Å². The third kappa shape index (κ3) is 5.36. The van der Waals surface area contributed by atoms with E-state index in [1.165, 1.54) is 12.1 Å². The molecule has 0 saturated heterocycles. The first-order valence-electron chi connectivity index (χ1n) is 12.1. The summed E-state index contributed by atoms with van der Waals surface area (Å²) in [5.41, 5.74) is -2.80. The molecule has 1 unspecified atom stereocenters. The summed E-state index contributed by atoms with van der Waals surface area (Å²) in [6.45, 7) is -0.261. The number of fused-ring (bicyclic) bond motifs is 1. The number of ether oxygens (including phenoxy) is 1. The summed E-state index contributed by atoms with van der Waals surface area (Å²) in [7, 11) is 0. The predicted molar refractivity (Wildman–Crippen MR) is 133 cm³/mol. The van der Waals surface area contributed by atoms with Crippen molar-refractivity contribution >= 4 is 27.8 Å². The van der Waals surface area contributed by atoms with Gasteiger partial charge in [0.2, 0.25) is 5.82 Å². The lowest BCUT2D eigenvalue weighted by Gasteiger charge is -2.41. The van der Waals surface area contributed by atoms with Crippen LogP contribution in [-0.4, -0.2) is 45.5 Å². The van der Waals surface area contributed by atoms with Gasteiger partial charge in [0.25, 0.3) is 5.91 Å². The first-order valence-corrected chi connectivity index (χ1v) is 12.1. The smallest absolute Gasteiger partial charge is 0.416 e. The lowest BCUT2D eigenvalue weighted by molar-refractivity contribution is -0.201. The molecule has 0 saturated carbocycles. The fourth-order valence-corrected chi connectivity index (χ4v) is 4.73. The summed E-state index contributed by atoms with van der Waals surface area (Å²) < 4.78 is 87.1. The monoisotopic (exact) mass is 561 g/mol. The molecule has 0 radical (unpaired) electrons. The predicted octanol–water partition coefficient (Wildman–Crippen LogP) is 5.96. The Hall–Kier alpha value is -4.42. The van der Waals surface area contributed by atoms with Crippen LogP contribution in [0.15, 0.2) is 66.7 Å². The fourth-order valence-electron chi connectivity index (χ4n) is 4.73. The SMILES string of the molecule is O=C1NC(c2ccc(OCCCC(F)(F)F)cc2)(C(F)(F)F)CC(c2ccc3ccccc3c2)=C1c1nn[nH]n1. The third-order valence-electron chi connectivity index (χ3n) is 6.67. The molecular weight excluding hydrogens is 540 g/mol. The first-order chi connectivity index (χ1) is 19.0. The molecule has 1 aliphatic heterocycles. The van der Waals surface area contributed by atoms with Gasteiger partial charge in [0.1, 0.15) is 5.75 Å². The molecule has 7 nitrogen and oxygen atoms in total. The van der Waals surface area contributed by atoms with Gasteiger partial charge < -0.3 is 10.1 Å². The molecule has 1 amide bonds. The summed E-state index contributed by atoms with van der Waals surface area (Å²) in [5, 5.41) is 17.1. The number of aromatic nitrogens is 4. The number of hydrogen-bond donors (Lipinski definition) is 2. The van der Waals surface area contributed by atoms with Crippen molar-refractivity contribution in [2.45, 2.75) is 37.2 Å². The Morgan fingerprint density at radius 1 is 0.925 bits per heavy atom.